The summed E-state index contributed by atoms with van der Waals surface area (Å²) in [6.45, 7) is 7.06. The van der Waals surface area contributed by atoms with Gasteiger partial charge in [0, 0.05) is 19.7 Å². The van der Waals surface area contributed by atoms with E-state index < -0.39 is 0 Å². The van der Waals surface area contributed by atoms with Crippen LogP contribution in [-0.2, 0) is 11.3 Å². The third-order valence-electron chi connectivity index (χ3n) is 2.83. The molecule has 1 aromatic rings. The van der Waals surface area contributed by atoms with E-state index in [0.29, 0.717) is 25.1 Å². The molecule has 0 bridgehead atoms. The zero-order valence-corrected chi connectivity index (χ0v) is 16.0. The third kappa shape index (κ3) is 9.83. The number of methoxy groups -OCH3 is 1. The quantitative estimate of drug-likeness (QED) is 0.279. The minimum Gasteiger partial charge on any atom is -0.497 e. The summed E-state index contributed by atoms with van der Waals surface area (Å²) < 4.78 is 10.7. The Hall–Kier alpha value is -1.02. The number of nitrogens with one attached hydrogen (secondary N) is 1. The lowest BCUT2D eigenvalue weighted by Gasteiger charge is -2.08. The standard InChI is InChI=1S/C16H27N3O2.HI/c1-13(2)11-19-16(17)18-9-4-10-21-12-14-5-7-15(20-3)8-6-14;/h5-8,13H,4,9-12H2,1-3H3,(H3,17,18,19);1H. The van der Waals surface area contributed by atoms with Crippen LogP contribution in [0.1, 0.15) is 25.8 Å². The van der Waals surface area contributed by atoms with Gasteiger partial charge in [0.15, 0.2) is 5.96 Å². The highest BCUT2D eigenvalue weighted by Crippen LogP contribution is 2.11. The van der Waals surface area contributed by atoms with Gasteiger partial charge in [-0.15, -0.1) is 24.0 Å². The number of aliphatic imine (C=N–C) groups is 1. The molecule has 0 aromatic heterocycles. The van der Waals surface area contributed by atoms with E-state index in [-0.39, 0.29) is 24.0 Å². The van der Waals surface area contributed by atoms with Crippen molar-refractivity contribution in [2.75, 3.05) is 26.8 Å². The number of benzene rings is 1. The molecule has 0 fully saturated rings. The molecule has 0 spiro atoms. The molecule has 0 heterocycles. The molecule has 6 heteroatoms. The summed E-state index contributed by atoms with van der Waals surface area (Å²) in [7, 11) is 1.66. The predicted octanol–water partition coefficient (Wildman–Crippen LogP) is 2.78. The van der Waals surface area contributed by atoms with Gasteiger partial charge in [-0.3, -0.25) is 4.99 Å². The maximum absolute atomic E-state index is 5.74. The lowest BCUT2D eigenvalue weighted by Crippen LogP contribution is -2.33. The second-order valence-corrected chi connectivity index (χ2v) is 5.30. The summed E-state index contributed by atoms with van der Waals surface area (Å²) in [5.74, 6) is 1.90. The molecular weight excluding hydrogens is 393 g/mol. The Morgan fingerprint density at radius 1 is 1.27 bits per heavy atom. The van der Waals surface area contributed by atoms with Crippen molar-refractivity contribution in [1.29, 1.82) is 0 Å². The molecule has 1 rings (SSSR count). The number of hydrogen-bond donors (Lipinski definition) is 2. The molecule has 22 heavy (non-hydrogen) atoms. The molecule has 5 nitrogen and oxygen atoms in total. The Kier molecular flexibility index (Phi) is 11.9. The number of nitrogens with two attached hydrogens (primary N) is 1. The van der Waals surface area contributed by atoms with Crippen LogP contribution in [0.25, 0.3) is 0 Å². The van der Waals surface area contributed by atoms with Crippen LogP contribution in [0.15, 0.2) is 29.3 Å². The van der Waals surface area contributed by atoms with Crippen LogP contribution in [-0.4, -0.2) is 32.8 Å². The van der Waals surface area contributed by atoms with Crippen molar-refractivity contribution in [2.45, 2.75) is 26.9 Å². The van der Waals surface area contributed by atoms with Crippen LogP contribution < -0.4 is 15.8 Å². The first-order valence-electron chi connectivity index (χ1n) is 7.36. The molecular formula is C16H28IN3O2. The molecule has 0 atom stereocenters. The van der Waals surface area contributed by atoms with Crippen molar-refractivity contribution < 1.29 is 9.47 Å². The number of ether oxygens (including phenoxy) is 2. The lowest BCUT2D eigenvalue weighted by molar-refractivity contribution is 0.119. The summed E-state index contributed by atoms with van der Waals surface area (Å²) >= 11 is 0. The largest absolute Gasteiger partial charge is 0.497 e. The van der Waals surface area contributed by atoms with Gasteiger partial charge in [0.2, 0.25) is 0 Å². The third-order valence-corrected chi connectivity index (χ3v) is 2.83. The van der Waals surface area contributed by atoms with E-state index in [1.165, 1.54) is 0 Å². The molecule has 0 amide bonds. The SMILES string of the molecule is COc1ccc(COCCCNC(N)=NCC(C)C)cc1.I. The van der Waals surface area contributed by atoms with Crippen LogP contribution in [0, 0.1) is 5.92 Å². The van der Waals surface area contributed by atoms with Gasteiger partial charge in [-0.2, -0.15) is 0 Å². The Balaban J connectivity index is 0.00000441. The average molecular weight is 421 g/mol. The molecule has 0 saturated carbocycles. The highest BCUT2D eigenvalue weighted by Gasteiger charge is 1.96. The fraction of sp³-hybridized carbons (Fsp3) is 0.562. The number of nitrogens with zero attached hydrogens (tertiary/aromatic N) is 1. The smallest absolute Gasteiger partial charge is 0.188 e. The summed E-state index contributed by atoms with van der Waals surface area (Å²) in [6, 6.07) is 7.89. The van der Waals surface area contributed by atoms with E-state index in [2.05, 4.69) is 24.2 Å². The molecule has 0 unspecified atom stereocenters. The molecule has 126 valence electrons. The fourth-order valence-electron chi connectivity index (χ4n) is 1.64. The fourth-order valence-corrected chi connectivity index (χ4v) is 1.64. The van der Waals surface area contributed by atoms with Gasteiger partial charge < -0.3 is 20.5 Å². The average Bonchev–Trinajstić information content (AvgIpc) is 2.49. The summed E-state index contributed by atoms with van der Waals surface area (Å²) in [4.78, 5) is 4.24. The molecule has 1 aromatic carbocycles. The number of hydrogen-bond acceptors (Lipinski definition) is 3. The second-order valence-electron chi connectivity index (χ2n) is 5.30. The van der Waals surface area contributed by atoms with E-state index in [1.807, 2.05) is 24.3 Å². The highest BCUT2D eigenvalue weighted by atomic mass is 127. The van der Waals surface area contributed by atoms with Crippen LogP contribution in [0.4, 0.5) is 0 Å². The Morgan fingerprint density at radius 2 is 1.95 bits per heavy atom. The summed E-state index contributed by atoms with van der Waals surface area (Å²) in [5, 5.41) is 3.08. The first-order valence-corrected chi connectivity index (χ1v) is 7.36. The maximum Gasteiger partial charge on any atom is 0.188 e. The zero-order valence-electron chi connectivity index (χ0n) is 13.7. The van der Waals surface area contributed by atoms with Crippen LogP contribution in [0.2, 0.25) is 0 Å². The number of rotatable bonds is 9. The van der Waals surface area contributed by atoms with Gasteiger partial charge in [0.1, 0.15) is 5.75 Å². The van der Waals surface area contributed by atoms with Crippen molar-refractivity contribution in [3.05, 3.63) is 29.8 Å². The number of halogens is 1. The van der Waals surface area contributed by atoms with Crippen LogP contribution in [0.3, 0.4) is 0 Å². The van der Waals surface area contributed by atoms with E-state index in [9.17, 15) is 0 Å². The van der Waals surface area contributed by atoms with E-state index >= 15 is 0 Å². The molecule has 0 aliphatic carbocycles. The summed E-state index contributed by atoms with van der Waals surface area (Å²) in [6.07, 6.45) is 0.897. The van der Waals surface area contributed by atoms with Gasteiger partial charge in [-0.1, -0.05) is 26.0 Å². The summed E-state index contributed by atoms with van der Waals surface area (Å²) in [5.41, 5.74) is 6.88. The van der Waals surface area contributed by atoms with Crippen molar-refractivity contribution in [1.82, 2.24) is 5.32 Å². The second kappa shape index (κ2) is 12.5. The van der Waals surface area contributed by atoms with E-state index in [0.717, 1.165) is 30.8 Å². The zero-order chi connectivity index (χ0) is 15.5. The molecule has 0 radical (unpaired) electrons. The first-order chi connectivity index (χ1) is 10.1. The predicted molar refractivity (Wildman–Crippen MR) is 102 cm³/mol. The van der Waals surface area contributed by atoms with Gasteiger partial charge in [0.25, 0.3) is 0 Å². The van der Waals surface area contributed by atoms with Crippen molar-refractivity contribution in [3.8, 4) is 5.75 Å². The minimum atomic E-state index is 0. The molecule has 0 aliphatic rings. The van der Waals surface area contributed by atoms with E-state index in [1.54, 1.807) is 7.11 Å². The van der Waals surface area contributed by atoms with Crippen molar-refractivity contribution in [2.24, 2.45) is 16.6 Å². The number of guanidine groups is 1. The lowest BCUT2D eigenvalue weighted by atomic mass is 10.2. The van der Waals surface area contributed by atoms with Crippen molar-refractivity contribution in [3.63, 3.8) is 0 Å². The van der Waals surface area contributed by atoms with Gasteiger partial charge >= 0.3 is 0 Å². The molecule has 0 saturated heterocycles. The maximum atomic E-state index is 5.74. The highest BCUT2D eigenvalue weighted by molar-refractivity contribution is 14.0. The van der Waals surface area contributed by atoms with Gasteiger partial charge in [0.05, 0.1) is 13.7 Å². The molecule has 0 aliphatic heterocycles. The van der Waals surface area contributed by atoms with Gasteiger partial charge in [-0.05, 0) is 30.0 Å². The van der Waals surface area contributed by atoms with E-state index in [4.69, 9.17) is 15.2 Å². The van der Waals surface area contributed by atoms with Crippen LogP contribution >= 0.6 is 24.0 Å². The first kappa shape index (κ1) is 21.0. The minimum absolute atomic E-state index is 0. The van der Waals surface area contributed by atoms with Crippen LogP contribution in [0.5, 0.6) is 5.75 Å². The topological polar surface area (TPSA) is 68.9 Å². The monoisotopic (exact) mass is 421 g/mol. The molecule has 3 N–H and O–H groups in total. The van der Waals surface area contributed by atoms with Crippen molar-refractivity contribution >= 4 is 29.9 Å². The Morgan fingerprint density at radius 3 is 2.55 bits per heavy atom. The normalized spacial score (nSPS) is 11.2. The Labute approximate surface area is 150 Å². The Bertz CT molecular complexity index is 422. The van der Waals surface area contributed by atoms with Gasteiger partial charge in [-0.25, -0.2) is 0 Å².